The van der Waals surface area contributed by atoms with Crippen LogP contribution in [0.15, 0.2) is 22.7 Å². The summed E-state index contributed by atoms with van der Waals surface area (Å²) in [6.07, 6.45) is 3.04. The summed E-state index contributed by atoms with van der Waals surface area (Å²) in [4.78, 5) is 14.4. The fourth-order valence-electron chi connectivity index (χ4n) is 2.55. The normalized spacial score (nSPS) is 15.3. The molecule has 92 valence electrons. The largest absolute Gasteiger partial charge is 0.335 e. The summed E-state index contributed by atoms with van der Waals surface area (Å²) in [5.41, 5.74) is 2.05. The van der Waals surface area contributed by atoms with E-state index in [0.717, 1.165) is 35.8 Å². The van der Waals surface area contributed by atoms with Crippen LogP contribution in [0.5, 0.6) is 0 Å². The summed E-state index contributed by atoms with van der Waals surface area (Å²) in [7, 11) is 0. The highest BCUT2D eigenvalue weighted by Gasteiger charge is 2.28. The first-order valence-electron chi connectivity index (χ1n) is 6.26. The quantitative estimate of drug-likeness (QED) is 0.834. The molecule has 0 aromatic heterocycles. The standard InChI is InChI=1S/C14H18BrNO/c1-3-12(4-2)16-8-7-10-9-11(15)5-6-13(10)14(16)17/h5-6,9,12H,3-4,7-8H2,1-2H3. The molecule has 0 aliphatic carbocycles. The van der Waals surface area contributed by atoms with Crippen LogP contribution >= 0.6 is 15.9 Å². The van der Waals surface area contributed by atoms with E-state index in [0.29, 0.717) is 6.04 Å². The highest BCUT2D eigenvalue weighted by molar-refractivity contribution is 9.10. The van der Waals surface area contributed by atoms with Crippen LogP contribution in [-0.2, 0) is 6.42 Å². The molecule has 2 rings (SSSR count). The third kappa shape index (κ3) is 2.39. The van der Waals surface area contributed by atoms with E-state index in [2.05, 4.69) is 35.8 Å². The van der Waals surface area contributed by atoms with Crippen LogP contribution in [0.4, 0.5) is 0 Å². The highest BCUT2D eigenvalue weighted by atomic mass is 79.9. The van der Waals surface area contributed by atoms with E-state index in [-0.39, 0.29) is 5.91 Å². The lowest BCUT2D eigenvalue weighted by molar-refractivity contribution is 0.0649. The molecule has 0 spiro atoms. The number of amides is 1. The third-order valence-corrected chi connectivity index (χ3v) is 4.06. The lowest BCUT2D eigenvalue weighted by Crippen LogP contribution is -2.44. The van der Waals surface area contributed by atoms with E-state index < -0.39 is 0 Å². The minimum Gasteiger partial charge on any atom is -0.335 e. The van der Waals surface area contributed by atoms with E-state index >= 15 is 0 Å². The molecule has 1 aromatic carbocycles. The summed E-state index contributed by atoms with van der Waals surface area (Å²) in [5.74, 6) is 0.201. The van der Waals surface area contributed by atoms with E-state index in [1.54, 1.807) is 0 Å². The number of fused-ring (bicyclic) bond motifs is 1. The van der Waals surface area contributed by atoms with Crippen molar-refractivity contribution in [1.29, 1.82) is 0 Å². The first kappa shape index (κ1) is 12.6. The van der Waals surface area contributed by atoms with Crippen molar-refractivity contribution in [3.8, 4) is 0 Å². The zero-order chi connectivity index (χ0) is 12.4. The number of benzene rings is 1. The molecule has 0 saturated carbocycles. The second-order valence-electron chi connectivity index (χ2n) is 4.52. The Bertz CT molecular complexity index is 426. The van der Waals surface area contributed by atoms with Gasteiger partial charge in [0, 0.05) is 22.6 Å². The van der Waals surface area contributed by atoms with Crippen molar-refractivity contribution in [3.63, 3.8) is 0 Å². The van der Waals surface area contributed by atoms with E-state index in [4.69, 9.17) is 0 Å². The number of carbonyl (C=O) groups is 1. The Labute approximate surface area is 111 Å². The lowest BCUT2D eigenvalue weighted by atomic mass is 9.96. The molecule has 2 nitrogen and oxygen atoms in total. The van der Waals surface area contributed by atoms with Crippen molar-refractivity contribution in [2.24, 2.45) is 0 Å². The van der Waals surface area contributed by atoms with Gasteiger partial charge in [0.15, 0.2) is 0 Å². The molecule has 0 saturated heterocycles. The third-order valence-electron chi connectivity index (χ3n) is 3.56. The molecule has 0 fully saturated rings. The number of nitrogens with zero attached hydrogens (tertiary/aromatic N) is 1. The van der Waals surface area contributed by atoms with Crippen molar-refractivity contribution in [3.05, 3.63) is 33.8 Å². The average Bonchev–Trinajstić information content (AvgIpc) is 2.33. The van der Waals surface area contributed by atoms with Crippen LogP contribution < -0.4 is 0 Å². The fourth-order valence-corrected chi connectivity index (χ4v) is 2.96. The van der Waals surface area contributed by atoms with Gasteiger partial charge >= 0.3 is 0 Å². The maximum absolute atomic E-state index is 12.4. The predicted molar refractivity (Wildman–Crippen MR) is 73.3 cm³/mol. The van der Waals surface area contributed by atoms with Gasteiger partial charge in [-0.25, -0.2) is 0 Å². The molecule has 0 unspecified atom stereocenters. The van der Waals surface area contributed by atoms with E-state index in [1.807, 2.05) is 17.0 Å². The van der Waals surface area contributed by atoms with Gasteiger partial charge in [-0.05, 0) is 43.0 Å². The van der Waals surface area contributed by atoms with Crippen molar-refractivity contribution >= 4 is 21.8 Å². The number of hydrogen-bond acceptors (Lipinski definition) is 1. The minimum atomic E-state index is 0.201. The van der Waals surface area contributed by atoms with Crippen LogP contribution in [0.3, 0.4) is 0 Å². The van der Waals surface area contributed by atoms with Crippen LogP contribution in [-0.4, -0.2) is 23.4 Å². The first-order chi connectivity index (χ1) is 8.17. The SMILES string of the molecule is CCC(CC)N1CCc2cc(Br)ccc2C1=O. The van der Waals surface area contributed by atoms with Crippen LogP contribution in [0.25, 0.3) is 0 Å². The smallest absolute Gasteiger partial charge is 0.254 e. The lowest BCUT2D eigenvalue weighted by Gasteiger charge is -2.34. The zero-order valence-electron chi connectivity index (χ0n) is 10.4. The van der Waals surface area contributed by atoms with Crippen molar-refractivity contribution in [2.75, 3.05) is 6.54 Å². The predicted octanol–water partition coefficient (Wildman–Crippen LogP) is 3.64. The Morgan fingerprint density at radius 3 is 2.71 bits per heavy atom. The van der Waals surface area contributed by atoms with Gasteiger partial charge < -0.3 is 4.90 Å². The van der Waals surface area contributed by atoms with Gasteiger partial charge in [-0.1, -0.05) is 29.8 Å². The summed E-state index contributed by atoms with van der Waals surface area (Å²) in [5, 5.41) is 0. The van der Waals surface area contributed by atoms with Gasteiger partial charge in [-0.2, -0.15) is 0 Å². The van der Waals surface area contributed by atoms with Gasteiger partial charge in [-0.15, -0.1) is 0 Å². The summed E-state index contributed by atoms with van der Waals surface area (Å²) < 4.78 is 1.06. The minimum absolute atomic E-state index is 0.201. The molecule has 3 heteroatoms. The Hall–Kier alpha value is -0.830. The molecular weight excluding hydrogens is 278 g/mol. The first-order valence-corrected chi connectivity index (χ1v) is 7.06. The summed E-state index contributed by atoms with van der Waals surface area (Å²) in [6.45, 7) is 5.16. The van der Waals surface area contributed by atoms with Crippen molar-refractivity contribution in [2.45, 2.75) is 39.2 Å². The van der Waals surface area contributed by atoms with Gasteiger partial charge in [0.25, 0.3) is 5.91 Å². The Morgan fingerprint density at radius 2 is 2.06 bits per heavy atom. The summed E-state index contributed by atoms with van der Waals surface area (Å²) >= 11 is 3.46. The molecule has 1 aliphatic rings. The van der Waals surface area contributed by atoms with Gasteiger partial charge in [0.05, 0.1) is 0 Å². The second kappa shape index (κ2) is 5.21. The number of rotatable bonds is 3. The van der Waals surface area contributed by atoms with Gasteiger partial charge in [0.1, 0.15) is 0 Å². The van der Waals surface area contributed by atoms with Crippen molar-refractivity contribution < 1.29 is 4.79 Å². The fraction of sp³-hybridized carbons (Fsp3) is 0.500. The Morgan fingerprint density at radius 1 is 1.35 bits per heavy atom. The molecule has 0 N–H and O–H groups in total. The van der Waals surface area contributed by atoms with Crippen molar-refractivity contribution in [1.82, 2.24) is 4.90 Å². The van der Waals surface area contributed by atoms with Crippen LogP contribution in [0.1, 0.15) is 42.6 Å². The molecule has 0 bridgehead atoms. The second-order valence-corrected chi connectivity index (χ2v) is 5.44. The van der Waals surface area contributed by atoms with E-state index in [9.17, 15) is 4.79 Å². The maximum Gasteiger partial charge on any atom is 0.254 e. The van der Waals surface area contributed by atoms with Gasteiger partial charge in [-0.3, -0.25) is 4.79 Å². The molecule has 17 heavy (non-hydrogen) atoms. The Kier molecular flexibility index (Phi) is 3.87. The molecule has 0 radical (unpaired) electrons. The molecule has 1 amide bonds. The molecule has 0 atom stereocenters. The number of carbonyl (C=O) groups excluding carboxylic acids is 1. The molecular formula is C14H18BrNO. The van der Waals surface area contributed by atoms with E-state index in [1.165, 1.54) is 5.56 Å². The highest BCUT2D eigenvalue weighted by Crippen LogP contribution is 2.25. The van der Waals surface area contributed by atoms with Crippen LogP contribution in [0.2, 0.25) is 0 Å². The average molecular weight is 296 g/mol. The van der Waals surface area contributed by atoms with Crippen LogP contribution in [0, 0.1) is 0 Å². The molecule has 1 aliphatic heterocycles. The molecule has 1 heterocycles. The van der Waals surface area contributed by atoms with Gasteiger partial charge in [0.2, 0.25) is 0 Å². The molecule has 1 aromatic rings. The monoisotopic (exact) mass is 295 g/mol. The number of hydrogen-bond donors (Lipinski definition) is 0. The number of halogens is 1. The zero-order valence-corrected chi connectivity index (χ0v) is 12.0. The Balaban J connectivity index is 2.30. The topological polar surface area (TPSA) is 20.3 Å². The maximum atomic E-state index is 12.4. The summed E-state index contributed by atoms with van der Waals surface area (Å²) in [6, 6.07) is 6.35.